The van der Waals surface area contributed by atoms with Gasteiger partial charge < -0.3 is 0 Å². The van der Waals surface area contributed by atoms with Gasteiger partial charge in [-0.3, -0.25) is 0 Å². The Balaban J connectivity index is 1.65. The average Bonchev–Trinajstić information content (AvgIpc) is 2.48. The lowest BCUT2D eigenvalue weighted by Crippen LogP contribution is -2.52. The highest BCUT2D eigenvalue weighted by atomic mass is 32.2. The molecule has 0 N–H and O–H groups in total. The van der Waals surface area contributed by atoms with E-state index in [9.17, 15) is 8.42 Å². The monoisotopic (exact) mass is 304 g/mol. The van der Waals surface area contributed by atoms with Gasteiger partial charge in [-0.05, 0) is 61.0 Å². The highest BCUT2D eigenvalue weighted by Gasteiger charge is 2.53. The Bertz CT molecular complexity index is 626. The third-order valence-corrected chi connectivity index (χ3v) is 7.27. The van der Waals surface area contributed by atoms with Crippen LogP contribution in [0.2, 0.25) is 0 Å². The van der Waals surface area contributed by atoms with Crippen LogP contribution in [0.15, 0.2) is 46.7 Å². The maximum absolute atomic E-state index is 12.2. The summed E-state index contributed by atoms with van der Waals surface area (Å²) in [6.45, 7) is 4.75. The van der Waals surface area contributed by atoms with E-state index in [4.69, 9.17) is 0 Å². The van der Waals surface area contributed by atoms with E-state index in [1.54, 1.807) is 24.3 Å². The van der Waals surface area contributed by atoms with Crippen molar-refractivity contribution in [2.24, 2.45) is 23.2 Å². The molecule has 0 heterocycles. The Labute approximate surface area is 128 Å². The van der Waals surface area contributed by atoms with Crippen LogP contribution in [-0.4, -0.2) is 8.42 Å². The van der Waals surface area contributed by atoms with Crippen molar-refractivity contribution in [3.63, 3.8) is 0 Å². The summed E-state index contributed by atoms with van der Waals surface area (Å²) in [6, 6.07) is 8.66. The summed E-state index contributed by atoms with van der Waals surface area (Å²) in [5.74, 6) is 2.34. The molecule has 0 aliphatic heterocycles. The second kappa shape index (κ2) is 5.28. The van der Waals surface area contributed by atoms with Crippen LogP contribution in [0.3, 0.4) is 0 Å². The van der Waals surface area contributed by atoms with Gasteiger partial charge in [0.05, 0.1) is 4.90 Å². The van der Waals surface area contributed by atoms with E-state index in [1.807, 2.05) is 12.1 Å². The van der Waals surface area contributed by atoms with E-state index in [0.717, 1.165) is 18.3 Å². The van der Waals surface area contributed by atoms with Crippen molar-refractivity contribution in [1.29, 1.82) is 0 Å². The van der Waals surface area contributed by atoms with Crippen molar-refractivity contribution in [3.05, 3.63) is 41.8 Å². The molecule has 0 unspecified atom stereocenters. The van der Waals surface area contributed by atoms with Gasteiger partial charge in [0.1, 0.15) is 0 Å². The summed E-state index contributed by atoms with van der Waals surface area (Å²) in [5, 5.41) is 1.40. The molecule has 0 aromatic heterocycles. The molecule has 3 aliphatic rings. The van der Waals surface area contributed by atoms with Gasteiger partial charge in [0, 0.05) is 5.41 Å². The summed E-state index contributed by atoms with van der Waals surface area (Å²) < 4.78 is 24.4. The first kappa shape index (κ1) is 14.8. The molecule has 0 amide bonds. The molecule has 3 atom stereocenters. The maximum atomic E-state index is 12.2. The standard InChI is InChI=1S/C18H24O2S/c1-18(2)15-11-10-14(17(18)13-15)7-6-12-21(19,20)16-8-4-3-5-9-16/h3-6,8-9,12,14-15,17H,7,10-11,13H2,1-2H3/b12-6+/t14-,15+,17+/m0/s1. The summed E-state index contributed by atoms with van der Waals surface area (Å²) in [7, 11) is -3.28. The fourth-order valence-electron chi connectivity index (χ4n) is 4.29. The molecule has 1 aromatic rings. The molecule has 3 fully saturated rings. The first-order valence-electron chi connectivity index (χ1n) is 7.88. The van der Waals surface area contributed by atoms with Crippen molar-refractivity contribution < 1.29 is 8.42 Å². The fraction of sp³-hybridized carbons (Fsp3) is 0.556. The van der Waals surface area contributed by atoms with Gasteiger partial charge in [-0.2, -0.15) is 0 Å². The summed E-state index contributed by atoms with van der Waals surface area (Å²) >= 11 is 0. The van der Waals surface area contributed by atoms with Gasteiger partial charge in [0.15, 0.2) is 9.84 Å². The molecule has 114 valence electrons. The Morgan fingerprint density at radius 3 is 2.52 bits per heavy atom. The first-order valence-corrected chi connectivity index (χ1v) is 9.42. The van der Waals surface area contributed by atoms with Crippen LogP contribution in [0.4, 0.5) is 0 Å². The Hall–Kier alpha value is -1.09. The summed E-state index contributed by atoms with van der Waals surface area (Å²) in [5.41, 5.74) is 0.467. The molecular formula is C18H24O2S. The molecule has 0 radical (unpaired) electrons. The van der Waals surface area contributed by atoms with Crippen LogP contribution < -0.4 is 0 Å². The molecule has 2 bridgehead atoms. The lowest BCUT2D eigenvalue weighted by molar-refractivity contribution is -0.103. The number of hydrogen-bond donors (Lipinski definition) is 0. The van der Waals surface area contributed by atoms with Crippen molar-refractivity contribution >= 4 is 9.84 Å². The van der Waals surface area contributed by atoms with Gasteiger partial charge in [-0.25, -0.2) is 8.42 Å². The maximum Gasteiger partial charge on any atom is 0.199 e. The zero-order valence-electron chi connectivity index (χ0n) is 12.8. The van der Waals surface area contributed by atoms with Crippen LogP contribution in [-0.2, 0) is 9.84 Å². The number of allylic oxidation sites excluding steroid dienone is 1. The van der Waals surface area contributed by atoms with Crippen molar-refractivity contribution in [1.82, 2.24) is 0 Å². The fourth-order valence-corrected chi connectivity index (χ4v) is 5.35. The highest BCUT2D eigenvalue weighted by Crippen LogP contribution is 2.62. The van der Waals surface area contributed by atoms with Crippen LogP contribution >= 0.6 is 0 Å². The minimum absolute atomic E-state index is 0.383. The molecule has 21 heavy (non-hydrogen) atoms. The number of rotatable bonds is 4. The van der Waals surface area contributed by atoms with E-state index in [1.165, 1.54) is 24.7 Å². The zero-order chi connectivity index (χ0) is 15.1. The average molecular weight is 304 g/mol. The Morgan fingerprint density at radius 1 is 1.19 bits per heavy atom. The molecular weight excluding hydrogens is 280 g/mol. The summed E-state index contributed by atoms with van der Waals surface area (Å²) in [6.07, 6.45) is 6.69. The minimum Gasteiger partial charge on any atom is -0.219 e. The number of benzene rings is 1. The molecule has 1 aromatic carbocycles. The second-order valence-corrected chi connectivity index (χ2v) is 9.00. The van der Waals surface area contributed by atoms with Gasteiger partial charge in [0.2, 0.25) is 0 Å². The SMILES string of the molecule is CC1(C)[C@@H]2CC[C@H](C/C=C/S(=O)(=O)c3ccccc3)[C@H]1C2. The Morgan fingerprint density at radius 2 is 1.90 bits per heavy atom. The predicted molar refractivity (Wildman–Crippen MR) is 85.5 cm³/mol. The third-order valence-electron chi connectivity index (χ3n) is 5.79. The van der Waals surface area contributed by atoms with Gasteiger partial charge in [-0.1, -0.05) is 38.1 Å². The highest BCUT2D eigenvalue weighted by molar-refractivity contribution is 7.94. The molecule has 4 rings (SSSR count). The van der Waals surface area contributed by atoms with Crippen LogP contribution in [0.25, 0.3) is 0 Å². The van der Waals surface area contributed by atoms with Crippen molar-refractivity contribution in [2.45, 2.75) is 44.4 Å². The summed E-state index contributed by atoms with van der Waals surface area (Å²) in [4.78, 5) is 0.383. The molecule has 3 aliphatic carbocycles. The molecule has 2 nitrogen and oxygen atoms in total. The minimum atomic E-state index is -3.28. The normalized spacial score (nSPS) is 31.0. The van der Waals surface area contributed by atoms with E-state index >= 15 is 0 Å². The van der Waals surface area contributed by atoms with E-state index in [-0.39, 0.29) is 0 Å². The van der Waals surface area contributed by atoms with Crippen molar-refractivity contribution in [3.8, 4) is 0 Å². The van der Waals surface area contributed by atoms with Crippen LogP contribution in [0.5, 0.6) is 0 Å². The predicted octanol–water partition coefficient (Wildman–Crippen LogP) is 4.44. The Kier molecular flexibility index (Phi) is 3.73. The number of hydrogen-bond acceptors (Lipinski definition) is 2. The largest absolute Gasteiger partial charge is 0.219 e. The molecule has 0 saturated heterocycles. The smallest absolute Gasteiger partial charge is 0.199 e. The topological polar surface area (TPSA) is 34.1 Å². The molecule has 0 spiro atoms. The van der Waals surface area contributed by atoms with Crippen LogP contribution in [0, 0.1) is 23.2 Å². The quantitative estimate of drug-likeness (QED) is 0.824. The first-order chi connectivity index (χ1) is 9.91. The van der Waals surface area contributed by atoms with Crippen molar-refractivity contribution in [2.75, 3.05) is 0 Å². The van der Waals surface area contributed by atoms with Crippen LogP contribution in [0.1, 0.15) is 39.5 Å². The number of sulfone groups is 1. The molecule has 3 heteroatoms. The second-order valence-electron chi connectivity index (χ2n) is 7.16. The van der Waals surface area contributed by atoms with Gasteiger partial charge in [-0.15, -0.1) is 0 Å². The zero-order valence-corrected chi connectivity index (χ0v) is 13.6. The molecule has 3 saturated carbocycles. The lowest BCUT2D eigenvalue weighted by Gasteiger charge is -2.60. The van der Waals surface area contributed by atoms with Gasteiger partial charge >= 0.3 is 0 Å². The van der Waals surface area contributed by atoms with E-state index in [2.05, 4.69) is 13.8 Å². The van der Waals surface area contributed by atoms with Gasteiger partial charge in [0.25, 0.3) is 0 Å². The number of fused-ring (bicyclic) bond motifs is 2. The van der Waals surface area contributed by atoms with E-state index < -0.39 is 9.84 Å². The lowest BCUT2D eigenvalue weighted by atomic mass is 9.45. The third kappa shape index (κ3) is 2.68. The van der Waals surface area contributed by atoms with E-state index in [0.29, 0.717) is 16.2 Å².